The normalized spacial score (nSPS) is 12.5. The van der Waals surface area contributed by atoms with Gasteiger partial charge in [-0.25, -0.2) is 17.5 Å². The summed E-state index contributed by atoms with van der Waals surface area (Å²) in [5.41, 5.74) is 0.308. The van der Waals surface area contributed by atoms with Crippen molar-refractivity contribution in [3.8, 4) is 0 Å². The highest BCUT2D eigenvalue weighted by molar-refractivity contribution is 7.88. The summed E-state index contributed by atoms with van der Waals surface area (Å²) in [6.07, 6.45) is 0. The van der Waals surface area contributed by atoms with Crippen LogP contribution in [0.2, 0.25) is 0 Å². The Labute approximate surface area is 128 Å². The highest BCUT2D eigenvalue weighted by Gasteiger charge is 2.24. The molecule has 21 heavy (non-hydrogen) atoms. The fourth-order valence-corrected chi connectivity index (χ4v) is 4.06. The molecule has 0 amide bonds. The van der Waals surface area contributed by atoms with Crippen LogP contribution in [0, 0.1) is 5.82 Å². The van der Waals surface area contributed by atoms with Crippen LogP contribution in [0.1, 0.15) is 24.3 Å². The van der Waals surface area contributed by atoms with Gasteiger partial charge in [-0.3, -0.25) is 0 Å². The van der Waals surface area contributed by atoms with E-state index in [4.69, 9.17) is 0 Å². The minimum atomic E-state index is -3.44. The van der Waals surface area contributed by atoms with E-state index in [9.17, 15) is 12.8 Å². The lowest BCUT2D eigenvalue weighted by Gasteiger charge is -2.23. The van der Waals surface area contributed by atoms with Gasteiger partial charge in [0.2, 0.25) is 10.0 Å². The van der Waals surface area contributed by atoms with Crippen molar-refractivity contribution < 1.29 is 12.8 Å². The van der Waals surface area contributed by atoms with Crippen molar-refractivity contribution in [2.45, 2.75) is 25.0 Å². The molecular formula is C15H18FNO2S2. The molecule has 0 saturated heterocycles. The Bertz CT molecular complexity index is 677. The van der Waals surface area contributed by atoms with E-state index >= 15 is 0 Å². The third-order valence-electron chi connectivity index (χ3n) is 3.19. The van der Waals surface area contributed by atoms with Crippen LogP contribution in [0.3, 0.4) is 0 Å². The van der Waals surface area contributed by atoms with E-state index in [0.29, 0.717) is 12.1 Å². The van der Waals surface area contributed by atoms with Gasteiger partial charge in [-0.15, -0.1) is 11.3 Å². The zero-order chi connectivity index (χ0) is 15.5. The van der Waals surface area contributed by atoms with Crippen molar-refractivity contribution in [1.82, 2.24) is 4.72 Å². The first-order valence-corrected chi connectivity index (χ1v) is 9.07. The van der Waals surface area contributed by atoms with Gasteiger partial charge >= 0.3 is 0 Å². The molecule has 0 atom stereocenters. The maximum atomic E-state index is 12.8. The molecule has 0 unspecified atom stereocenters. The molecule has 0 fully saturated rings. The lowest BCUT2D eigenvalue weighted by molar-refractivity contribution is 0.509. The molecular weight excluding hydrogens is 309 g/mol. The maximum absolute atomic E-state index is 12.8. The van der Waals surface area contributed by atoms with Gasteiger partial charge in [0.05, 0.1) is 5.75 Å². The Morgan fingerprint density at radius 3 is 2.43 bits per heavy atom. The molecule has 0 aliphatic rings. The molecule has 3 nitrogen and oxygen atoms in total. The Kier molecular flexibility index (Phi) is 4.81. The number of sulfonamides is 1. The van der Waals surface area contributed by atoms with E-state index in [2.05, 4.69) is 4.72 Å². The average molecular weight is 327 g/mol. The Morgan fingerprint density at radius 1 is 1.19 bits per heavy atom. The molecule has 0 spiro atoms. The van der Waals surface area contributed by atoms with E-state index in [1.165, 1.54) is 24.3 Å². The monoisotopic (exact) mass is 327 g/mol. The largest absolute Gasteiger partial charge is 0.215 e. The van der Waals surface area contributed by atoms with Gasteiger partial charge in [0.15, 0.2) is 0 Å². The van der Waals surface area contributed by atoms with Crippen LogP contribution >= 0.6 is 11.3 Å². The summed E-state index contributed by atoms with van der Waals surface area (Å²) in [6.45, 7) is 4.33. The summed E-state index contributed by atoms with van der Waals surface area (Å²) in [7, 11) is -3.44. The second-order valence-corrected chi connectivity index (χ2v) is 8.32. The Balaban J connectivity index is 2.00. The molecule has 114 valence electrons. The van der Waals surface area contributed by atoms with E-state index in [1.807, 2.05) is 31.4 Å². The van der Waals surface area contributed by atoms with Crippen molar-refractivity contribution in [3.05, 3.63) is 58.0 Å². The highest BCUT2D eigenvalue weighted by atomic mass is 32.2. The summed E-state index contributed by atoms with van der Waals surface area (Å²) < 4.78 is 39.7. The number of halogens is 1. The molecule has 1 aromatic carbocycles. The summed E-state index contributed by atoms with van der Waals surface area (Å²) in [5.74, 6) is -0.517. The number of hydrogen-bond acceptors (Lipinski definition) is 3. The molecule has 0 aliphatic heterocycles. The highest BCUT2D eigenvalue weighted by Crippen LogP contribution is 2.26. The number of nitrogens with one attached hydrogen (secondary N) is 1. The van der Waals surface area contributed by atoms with Crippen LogP contribution in [0.5, 0.6) is 0 Å². The standard InChI is InChI=1S/C15H18FNO2S2/c1-15(2,14-4-3-9-20-14)11-17-21(18,19)10-12-5-7-13(16)8-6-12/h3-9,17H,10-11H2,1-2H3. The number of benzene rings is 1. The molecule has 0 aliphatic carbocycles. The predicted octanol–water partition coefficient (Wildman–Crippen LogP) is 3.28. The number of thiophene rings is 1. The molecule has 6 heteroatoms. The predicted molar refractivity (Wildman–Crippen MR) is 84.4 cm³/mol. The van der Waals surface area contributed by atoms with Crippen LogP contribution < -0.4 is 4.72 Å². The quantitative estimate of drug-likeness (QED) is 0.885. The van der Waals surface area contributed by atoms with E-state index in [-0.39, 0.29) is 17.0 Å². The zero-order valence-corrected chi connectivity index (χ0v) is 13.6. The van der Waals surface area contributed by atoms with E-state index in [0.717, 1.165) is 4.88 Å². The van der Waals surface area contributed by atoms with Crippen LogP contribution in [0.25, 0.3) is 0 Å². The smallest absolute Gasteiger partial charge is 0.214 e. The molecule has 0 saturated carbocycles. The first kappa shape index (κ1) is 16.1. The van der Waals surface area contributed by atoms with Crippen LogP contribution in [0.4, 0.5) is 4.39 Å². The molecule has 2 aromatic rings. The van der Waals surface area contributed by atoms with Gasteiger partial charge in [-0.1, -0.05) is 32.0 Å². The summed E-state index contributed by atoms with van der Waals surface area (Å²) >= 11 is 1.61. The molecule has 1 N–H and O–H groups in total. The summed E-state index contributed by atoms with van der Waals surface area (Å²) in [5, 5.41) is 1.98. The van der Waals surface area contributed by atoms with Gasteiger partial charge in [0, 0.05) is 16.8 Å². The second-order valence-electron chi connectivity index (χ2n) is 5.57. The summed E-state index contributed by atoms with van der Waals surface area (Å²) in [4.78, 5) is 1.13. The van der Waals surface area contributed by atoms with Gasteiger partial charge in [-0.05, 0) is 29.1 Å². The fraction of sp³-hybridized carbons (Fsp3) is 0.333. The molecule has 2 rings (SSSR count). The Hall–Kier alpha value is -1.24. The van der Waals surface area contributed by atoms with Gasteiger partial charge < -0.3 is 0 Å². The molecule has 1 heterocycles. The van der Waals surface area contributed by atoms with E-state index in [1.54, 1.807) is 11.3 Å². The minimum Gasteiger partial charge on any atom is -0.214 e. The lowest BCUT2D eigenvalue weighted by atomic mass is 9.92. The van der Waals surface area contributed by atoms with Crippen molar-refractivity contribution in [3.63, 3.8) is 0 Å². The number of rotatable bonds is 6. The third-order valence-corrected chi connectivity index (χ3v) is 5.73. The van der Waals surface area contributed by atoms with Crippen LogP contribution in [-0.2, 0) is 21.2 Å². The van der Waals surface area contributed by atoms with Gasteiger partial charge in [-0.2, -0.15) is 0 Å². The molecule has 1 aromatic heterocycles. The fourth-order valence-electron chi connectivity index (χ4n) is 1.89. The maximum Gasteiger partial charge on any atom is 0.215 e. The van der Waals surface area contributed by atoms with Crippen LogP contribution in [-0.4, -0.2) is 15.0 Å². The van der Waals surface area contributed by atoms with Gasteiger partial charge in [0.25, 0.3) is 0 Å². The van der Waals surface area contributed by atoms with Crippen molar-refractivity contribution >= 4 is 21.4 Å². The van der Waals surface area contributed by atoms with Crippen molar-refractivity contribution in [1.29, 1.82) is 0 Å². The van der Waals surface area contributed by atoms with Crippen molar-refractivity contribution in [2.24, 2.45) is 0 Å². The first-order chi connectivity index (χ1) is 9.78. The summed E-state index contributed by atoms with van der Waals surface area (Å²) in [6, 6.07) is 9.45. The molecule has 0 bridgehead atoms. The molecule has 0 radical (unpaired) electrons. The third kappa shape index (κ3) is 4.62. The van der Waals surface area contributed by atoms with E-state index < -0.39 is 10.0 Å². The zero-order valence-electron chi connectivity index (χ0n) is 12.0. The topological polar surface area (TPSA) is 46.2 Å². The Morgan fingerprint density at radius 2 is 1.86 bits per heavy atom. The first-order valence-electron chi connectivity index (χ1n) is 6.54. The second kappa shape index (κ2) is 6.25. The van der Waals surface area contributed by atoms with Crippen LogP contribution in [0.15, 0.2) is 41.8 Å². The average Bonchev–Trinajstić information content (AvgIpc) is 2.94. The minimum absolute atomic E-state index is 0.145. The van der Waals surface area contributed by atoms with Gasteiger partial charge in [0.1, 0.15) is 5.82 Å². The SMILES string of the molecule is CC(C)(CNS(=O)(=O)Cc1ccc(F)cc1)c1cccs1. The lowest BCUT2D eigenvalue weighted by Crippen LogP contribution is -2.36. The van der Waals surface area contributed by atoms with Crippen molar-refractivity contribution in [2.75, 3.05) is 6.54 Å². The number of hydrogen-bond donors (Lipinski definition) is 1.